The Morgan fingerprint density at radius 3 is 2.43 bits per heavy atom. The molecule has 1 saturated carbocycles. The second-order valence-electron chi connectivity index (χ2n) is 4.24. The van der Waals surface area contributed by atoms with Crippen molar-refractivity contribution in [1.82, 2.24) is 0 Å². The van der Waals surface area contributed by atoms with Crippen LogP contribution in [-0.2, 0) is 4.74 Å². The van der Waals surface area contributed by atoms with Gasteiger partial charge in [0.05, 0.1) is 6.07 Å². The monoisotopic (exact) mass is 211 g/mol. The molecule has 1 heterocycles. The van der Waals surface area contributed by atoms with Crippen LogP contribution >= 0.6 is 11.8 Å². The first-order valence-electron chi connectivity index (χ1n) is 5.51. The Hall–Kier alpha value is -0.200. The van der Waals surface area contributed by atoms with Crippen molar-refractivity contribution in [3.63, 3.8) is 0 Å². The van der Waals surface area contributed by atoms with Gasteiger partial charge in [-0.15, -0.1) is 11.8 Å². The van der Waals surface area contributed by atoms with Gasteiger partial charge in [0.1, 0.15) is 4.75 Å². The van der Waals surface area contributed by atoms with Crippen LogP contribution in [0.15, 0.2) is 0 Å². The van der Waals surface area contributed by atoms with Gasteiger partial charge in [-0.05, 0) is 25.7 Å². The summed E-state index contributed by atoms with van der Waals surface area (Å²) < 4.78 is 5.21. The van der Waals surface area contributed by atoms with Crippen molar-refractivity contribution in [3.8, 4) is 6.07 Å². The van der Waals surface area contributed by atoms with Crippen LogP contribution in [0.1, 0.15) is 38.5 Å². The standard InChI is InChI=1S/C11H17NOS/c12-9-11(5-7-13-8-6-11)14-10-3-1-2-4-10/h10H,1-8H2. The van der Waals surface area contributed by atoms with E-state index in [0.717, 1.165) is 31.3 Å². The van der Waals surface area contributed by atoms with Gasteiger partial charge in [-0.1, -0.05) is 12.8 Å². The fourth-order valence-electron chi connectivity index (χ4n) is 2.28. The SMILES string of the molecule is N#CC1(SC2CCCC2)CCOCC1. The van der Waals surface area contributed by atoms with Crippen molar-refractivity contribution < 1.29 is 4.74 Å². The van der Waals surface area contributed by atoms with Gasteiger partial charge < -0.3 is 4.74 Å². The summed E-state index contributed by atoms with van der Waals surface area (Å²) in [5, 5.41) is 10.0. The van der Waals surface area contributed by atoms with Gasteiger partial charge in [-0.2, -0.15) is 5.26 Å². The Kier molecular flexibility index (Phi) is 3.35. The van der Waals surface area contributed by atoms with Crippen molar-refractivity contribution in [3.05, 3.63) is 0 Å². The topological polar surface area (TPSA) is 33.0 Å². The lowest BCUT2D eigenvalue weighted by atomic mass is 10.0. The predicted octanol–water partition coefficient (Wildman–Crippen LogP) is 2.73. The molecule has 0 aromatic heterocycles. The first kappa shape index (κ1) is 10.3. The fraction of sp³-hybridized carbons (Fsp3) is 0.909. The van der Waals surface area contributed by atoms with Crippen LogP contribution in [0.2, 0.25) is 0 Å². The van der Waals surface area contributed by atoms with Crippen LogP contribution < -0.4 is 0 Å². The molecule has 0 aromatic rings. The van der Waals surface area contributed by atoms with Crippen molar-refractivity contribution in [1.29, 1.82) is 5.26 Å². The van der Waals surface area contributed by atoms with E-state index in [0.29, 0.717) is 0 Å². The van der Waals surface area contributed by atoms with Crippen LogP contribution in [0.25, 0.3) is 0 Å². The molecule has 1 saturated heterocycles. The Morgan fingerprint density at radius 1 is 1.21 bits per heavy atom. The summed E-state index contributed by atoms with van der Waals surface area (Å²) in [5.41, 5.74) is 0. The number of hydrogen-bond donors (Lipinski definition) is 0. The third kappa shape index (κ3) is 2.24. The van der Waals surface area contributed by atoms with E-state index < -0.39 is 0 Å². The molecule has 0 amide bonds. The fourth-order valence-corrected chi connectivity index (χ4v) is 3.94. The largest absolute Gasteiger partial charge is 0.381 e. The zero-order valence-electron chi connectivity index (χ0n) is 8.50. The van der Waals surface area contributed by atoms with Crippen LogP contribution in [0.4, 0.5) is 0 Å². The van der Waals surface area contributed by atoms with Crippen molar-refractivity contribution in [2.24, 2.45) is 0 Å². The van der Waals surface area contributed by atoms with Crippen LogP contribution in [0.5, 0.6) is 0 Å². The molecule has 14 heavy (non-hydrogen) atoms. The van der Waals surface area contributed by atoms with E-state index in [1.807, 2.05) is 11.8 Å². The maximum atomic E-state index is 9.28. The van der Waals surface area contributed by atoms with Gasteiger partial charge in [0.25, 0.3) is 0 Å². The average Bonchev–Trinajstić information content (AvgIpc) is 2.72. The smallest absolute Gasteiger partial charge is 0.107 e. The quantitative estimate of drug-likeness (QED) is 0.704. The number of thioether (sulfide) groups is 1. The number of rotatable bonds is 2. The van der Waals surface area contributed by atoms with Crippen molar-refractivity contribution >= 4 is 11.8 Å². The maximum Gasteiger partial charge on any atom is 0.107 e. The van der Waals surface area contributed by atoms with Gasteiger partial charge in [0.15, 0.2) is 0 Å². The maximum absolute atomic E-state index is 9.28. The molecule has 0 spiro atoms. The summed E-state index contributed by atoms with van der Waals surface area (Å²) in [6.07, 6.45) is 7.19. The van der Waals surface area contributed by atoms with E-state index in [1.54, 1.807) is 0 Å². The van der Waals surface area contributed by atoms with Gasteiger partial charge in [0.2, 0.25) is 0 Å². The molecule has 2 fully saturated rings. The second kappa shape index (κ2) is 4.55. The lowest BCUT2D eigenvalue weighted by Crippen LogP contribution is -2.33. The lowest BCUT2D eigenvalue weighted by Gasteiger charge is -2.32. The Morgan fingerprint density at radius 2 is 1.86 bits per heavy atom. The summed E-state index contributed by atoms with van der Waals surface area (Å²) in [6, 6.07) is 2.53. The van der Waals surface area contributed by atoms with Crippen LogP contribution in [0, 0.1) is 11.3 Å². The molecule has 2 aliphatic rings. The van der Waals surface area contributed by atoms with Crippen molar-refractivity contribution in [2.45, 2.75) is 48.5 Å². The third-order valence-electron chi connectivity index (χ3n) is 3.20. The summed E-state index contributed by atoms with van der Waals surface area (Å²) in [7, 11) is 0. The minimum Gasteiger partial charge on any atom is -0.381 e. The molecule has 1 aliphatic carbocycles. The molecule has 0 unspecified atom stereocenters. The van der Waals surface area contributed by atoms with E-state index in [-0.39, 0.29) is 4.75 Å². The molecule has 0 radical (unpaired) electrons. The molecule has 1 aliphatic heterocycles. The minimum absolute atomic E-state index is 0.118. The van der Waals surface area contributed by atoms with E-state index in [9.17, 15) is 5.26 Å². The first-order valence-corrected chi connectivity index (χ1v) is 6.39. The summed E-state index contributed by atoms with van der Waals surface area (Å²) >= 11 is 1.93. The summed E-state index contributed by atoms with van der Waals surface area (Å²) in [5.74, 6) is 0. The molecule has 0 aromatic carbocycles. The summed E-state index contributed by atoms with van der Waals surface area (Å²) in [4.78, 5) is 0. The first-order chi connectivity index (χ1) is 6.85. The van der Waals surface area contributed by atoms with Gasteiger partial charge in [0, 0.05) is 18.5 Å². The Balaban J connectivity index is 1.93. The molecule has 3 heteroatoms. The van der Waals surface area contributed by atoms with E-state index >= 15 is 0 Å². The van der Waals surface area contributed by atoms with Gasteiger partial charge in [-0.3, -0.25) is 0 Å². The zero-order valence-corrected chi connectivity index (χ0v) is 9.31. The van der Waals surface area contributed by atoms with E-state index in [2.05, 4.69) is 6.07 Å². The number of hydrogen-bond acceptors (Lipinski definition) is 3. The minimum atomic E-state index is -0.118. The molecule has 0 bridgehead atoms. The number of nitrogens with zero attached hydrogens (tertiary/aromatic N) is 1. The highest BCUT2D eigenvalue weighted by molar-refractivity contribution is 8.01. The Bertz CT molecular complexity index is 224. The molecule has 0 atom stereocenters. The molecular formula is C11H17NOS. The zero-order chi connectivity index (χ0) is 9.86. The van der Waals surface area contributed by atoms with E-state index in [4.69, 9.17) is 4.74 Å². The highest BCUT2D eigenvalue weighted by Crippen LogP contribution is 2.42. The summed E-state index contributed by atoms with van der Waals surface area (Å²) in [6.45, 7) is 1.54. The Labute approximate surface area is 90.0 Å². The number of nitriles is 1. The van der Waals surface area contributed by atoms with Crippen molar-refractivity contribution in [2.75, 3.05) is 13.2 Å². The lowest BCUT2D eigenvalue weighted by molar-refractivity contribution is 0.0884. The number of ether oxygens (including phenoxy) is 1. The molecule has 2 rings (SSSR count). The molecule has 78 valence electrons. The van der Waals surface area contributed by atoms with E-state index in [1.165, 1.54) is 25.7 Å². The second-order valence-corrected chi connectivity index (χ2v) is 5.93. The normalized spacial score (nSPS) is 27.4. The van der Waals surface area contributed by atoms with Gasteiger partial charge >= 0.3 is 0 Å². The molecular weight excluding hydrogens is 194 g/mol. The highest BCUT2D eigenvalue weighted by Gasteiger charge is 2.36. The van der Waals surface area contributed by atoms with Gasteiger partial charge in [-0.25, -0.2) is 0 Å². The average molecular weight is 211 g/mol. The van der Waals surface area contributed by atoms with Crippen LogP contribution in [0.3, 0.4) is 0 Å². The molecule has 0 N–H and O–H groups in total. The van der Waals surface area contributed by atoms with Crippen LogP contribution in [-0.4, -0.2) is 23.2 Å². The third-order valence-corrected chi connectivity index (χ3v) is 4.95. The molecule has 2 nitrogen and oxygen atoms in total. The highest BCUT2D eigenvalue weighted by atomic mass is 32.2. The predicted molar refractivity (Wildman–Crippen MR) is 58.2 cm³/mol.